The molecular formula is C21H20N2O4. The Hall–Kier alpha value is -3.15. The molecule has 0 saturated heterocycles. The van der Waals surface area contributed by atoms with E-state index in [0.29, 0.717) is 17.5 Å². The number of amides is 2. The molecule has 0 unspecified atom stereocenters. The molecule has 6 nitrogen and oxygen atoms in total. The van der Waals surface area contributed by atoms with Crippen molar-refractivity contribution in [3.8, 4) is 0 Å². The van der Waals surface area contributed by atoms with E-state index in [2.05, 4.69) is 5.32 Å². The fraction of sp³-hybridized carbons (Fsp3) is 0.286. The van der Waals surface area contributed by atoms with Gasteiger partial charge in [-0.1, -0.05) is 30.3 Å². The van der Waals surface area contributed by atoms with Gasteiger partial charge in [0.15, 0.2) is 0 Å². The molecule has 138 valence electrons. The Balaban J connectivity index is 1.40. The summed E-state index contributed by atoms with van der Waals surface area (Å²) in [5, 5.41) is 3.36. The average molecular weight is 364 g/mol. The van der Waals surface area contributed by atoms with Crippen molar-refractivity contribution in [2.24, 2.45) is 0 Å². The number of esters is 1. The number of hydrogen-bond acceptors (Lipinski definition) is 5. The van der Waals surface area contributed by atoms with Gasteiger partial charge in [-0.15, -0.1) is 0 Å². The van der Waals surface area contributed by atoms with E-state index >= 15 is 0 Å². The molecule has 2 aromatic carbocycles. The Kier molecular flexibility index (Phi) is 4.39. The number of carbonyl (C=O) groups is 3. The van der Waals surface area contributed by atoms with Gasteiger partial charge in [-0.05, 0) is 37.1 Å². The Labute approximate surface area is 157 Å². The second-order valence-corrected chi connectivity index (χ2v) is 6.90. The van der Waals surface area contributed by atoms with Crippen LogP contribution in [-0.4, -0.2) is 41.9 Å². The van der Waals surface area contributed by atoms with Crippen LogP contribution in [0.4, 0.5) is 5.69 Å². The van der Waals surface area contributed by atoms with Crippen LogP contribution in [0.3, 0.4) is 0 Å². The Morgan fingerprint density at radius 3 is 2.41 bits per heavy atom. The predicted molar refractivity (Wildman–Crippen MR) is 99.7 cm³/mol. The zero-order valence-electron chi connectivity index (χ0n) is 15.0. The maximum atomic E-state index is 12.6. The van der Waals surface area contributed by atoms with Gasteiger partial charge in [-0.25, -0.2) is 0 Å². The molecule has 0 bridgehead atoms. The van der Waals surface area contributed by atoms with Crippen molar-refractivity contribution >= 4 is 23.5 Å². The van der Waals surface area contributed by atoms with Crippen molar-refractivity contribution in [1.82, 2.24) is 4.90 Å². The topological polar surface area (TPSA) is 75.7 Å². The van der Waals surface area contributed by atoms with Gasteiger partial charge < -0.3 is 10.1 Å². The highest BCUT2D eigenvalue weighted by molar-refractivity contribution is 6.21. The summed E-state index contributed by atoms with van der Waals surface area (Å²) in [5.74, 6) is -1.35. The first-order chi connectivity index (χ1) is 13.1. The normalized spacial score (nSPS) is 20.7. The van der Waals surface area contributed by atoms with Crippen LogP contribution in [0.5, 0.6) is 0 Å². The van der Waals surface area contributed by atoms with E-state index in [1.54, 1.807) is 24.3 Å². The van der Waals surface area contributed by atoms with Crippen LogP contribution in [-0.2, 0) is 9.53 Å². The van der Waals surface area contributed by atoms with E-state index in [1.165, 1.54) is 0 Å². The number of imide groups is 1. The van der Waals surface area contributed by atoms with Crippen LogP contribution >= 0.6 is 0 Å². The molecule has 0 aromatic heterocycles. The van der Waals surface area contributed by atoms with E-state index in [4.69, 9.17) is 4.74 Å². The minimum atomic E-state index is -0.348. The summed E-state index contributed by atoms with van der Waals surface area (Å²) in [6.07, 6.45) is 0.642. The van der Waals surface area contributed by atoms with Crippen molar-refractivity contribution in [3.63, 3.8) is 0 Å². The third-order valence-corrected chi connectivity index (χ3v) is 5.05. The number of ether oxygens (including phenoxy) is 1. The molecule has 4 rings (SSSR count). The fourth-order valence-electron chi connectivity index (χ4n) is 3.74. The summed E-state index contributed by atoms with van der Waals surface area (Å²) in [6, 6.07) is 14.6. The lowest BCUT2D eigenvalue weighted by atomic mass is 9.87. The number of benzene rings is 2. The minimum Gasteiger partial charge on any atom is -0.463 e. The Morgan fingerprint density at radius 2 is 1.70 bits per heavy atom. The smallest absolute Gasteiger partial charge is 0.313 e. The molecule has 0 radical (unpaired) electrons. The summed E-state index contributed by atoms with van der Waals surface area (Å²) in [7, 11) is 0. The molecule has 27 heavy (non-hydrogen) atoms. The lowest BCUT2D eigenvalue weighted by molar-refractivity contribution is -0.146. The Morgan fingerprint density at radius 1 is 1.07 bits per heavy atom. The highest BCUT2D eigenvalue weighted by Gasteiger charge is 2.35. The number of nitrogens with one attached hydrogen (secondary N) is 1. The van der Waals surface area contributed by atoms with E-state index in [1.807, 2.05) is 31.2 Å². The lowest BCUT2D eigenvalue weighted by Crippen LogP contribution is -2.35. The van der Waals surface area contributed by atoms with Gasteiger partial charge in [-0.3, -0.25) is 19.3 Å². The molecule has 0 spiro atoms. The van der Waals surface area contributed by atoms with Gasteiger partial charge in [0.05, 0.1) is 23.6 Å². The zero-order chi connectivity index (χ0) is 19.0. The molecule has 1 N–H and O–H groups in total. The van der Waals surface area contributed by atoms with Crippen molar-refractivity contribution in [2.45, 2.75) is 25.3 Å². The second-order valence-electron chi connectivity index (χ2n) is 6.90. The molecule has 2 amide bonds. The molecule has 2 heterocycles. The first kappa shape index (κ1) is 17.3. The molecule has 0 fully saturated rings. The monoisotopic (exact) mass is 364 g/mol. The van der Waals surface area contributed by atoms with Gasteiger partial charge in [0.25, 0.3) is 11.8 Å². The van der Waals surface area contributed by atoms with Crippen molar-refractivity contribution in [1.29, 1.82) is 0 Å². The van der Waals surface area contributed by atoms with Gasteiger partial charge in [-0.2, -0.15) is 0 Å². The quantitative estimate of drug-likeness (QED) is 0.667. The Bertz CT molecular complexity index is 889. The minimum absolute atomic E-state index is 0.00915. The number of para-hydroxylation sites is 1. The fourth-order valence-corrected chi connectivity index (χ4v) is 3.74. The van der Waals surface area contributed by atoms with E-state index in [0.717, 1.165) is 16.2 Å². The number of carbonyl (C=O) groups excluding carboxylic acids is 3. The van der Waals surface area contributed by atoms with Crippen LogP contribution in [0.1, 0.15) is 45.5 Å². The van der Waals surface area contributed by atoms with Crippen molar-refractivity contribution in [2.75, 3.05) is 18.5 Å². The van der Waals surface area contributed by atoms with Gasteiger partial charge in [0, 0.05) is 11.7 Å². The van der Waals surface area contributed by atoms with Crippen LogP contribution in [0, 0.1) is 0 Å². The number of fused-ring (bicyclic) bond motifs is 2. The first-order valence-corrected chi connectivity index (χ1v) is 9.03. The summed E-state index contributed by atoms with van der Waals surface area (Å²) >= 11 is 0. The SMILES string of the molecule is C[C@H]1C[C@H](C(=O)OCCN2C(=O)c3ccccc3C2=O)c2ccccc2N1. The summed E-state index contributed by atoms with van der Waals surface area (Å²) in [5.41, 5.74) is 2.66. The zero-order valence-corrected chi connectivity index (χ0v) is 15.0. The maximum Gasteiger partial charge on any atom is 0.313 e. The van der Waals surface area contributed by atoms with Crippen LogP contribution in [0.25, 0.3) is 0 Å². The molecule has 0 saturated carbocycles. The van der Waals surface area contributed by atoms with Gasteiger partial charge in [0.2, 0.25) is 0 Å². The number of hydrogen-bond donors (Lipinski definition) is 1. The lowest BCUT2D eigenvalue weighted by Gasteiger charge is -2.30. The number of nitrogens with zero attached hydrogens (tertiary/aromatic N) is 1. The number of rotatable bonds is 4. The van der Waals surface area contributed by atoms with Gasteiger partial charge >= 0.3 is 5.97 Å². The first-order valence-electron chi connectivity index (χ1n) is 9.03. The van der Waals surface area contributed by atoms with Gasteiger partial charge in [0.1, 0.15) is 6.61 Å². The van der Waals surface area contributed by atoms with Crippen molar-refractivity contribution in [3.05, 3.63) is 65.2 Å². The average Bonchev–Trinajstić information content (AvgIpc) is 2.92. The van der Waals surface area contributed by atoms with Crippen molar-refractivity contribution < 1.29 is 19.1 Å². The highest BCUT2D eigenvalue weighted by atomic mass is 16.5. The third kappa shape index (κ3) is 3.07. The largest absolute Gasteiger partial charge is 0.463 e. The molecule has 6 heteroatoms. The van der Waals surface area contributed by atoms with Crippen LogP contribution < -0.4 is 5.32 Å². The summed E-state index contributed by atoms with van der Waals surface area (Å²) in [4.78, 5) is 38.5. The second kappa shape index (κ2) is 6.87. The summed E-state index contributed by atoms with van der Waals surface area (Å²) < 4.78 is 5.43. The molecule has 2 aromatic rings. The molecule has 0 aliphatic carbocycles. The third-order valence-electron chi connectivity index (χ3n) is 5.05. The maximum absolute atomic E-state index is 12.6. The predicted octanol–water partition coefficient (Wildman–Crippen LogP) is 2.81. The van der Waals surface area contributed by atoms with Crippen LogP contribution in [0.2, 0.25) is 0 Å². The molecule has 2 aliphatic heterocycles. The van der Waals surface area contributed by atoms with E-state index in [-0.39, 0.29) is 42.9 Å². The molecule has 2 atom stereocenters. The van der Waals surface area contributed by atoms with E-state index < -0.39 is 0 Å². The van der Waals surface area contributed by atoms with Crippen LogP contribution in [0.15, 0.2) is 48.5 Å². The van der Waals surface area contributed by atoms with E-state index in [9.17, 15) is 14.4 Å². The molecule has 2 aliphatic rings. The molecular weight excluding hydrogens is 344 g/mol. The highest BCUT2D eigenvalue weighted by Crippen LogP contribution is 2.34. The standard InChI is InChI=1S/C21H20N2O4/c1-13-12-17(14-6-4-5-9-18(14)22-13)21(26)27-11-10-23-19(24)15-7-2-3-8-16(15)20(23)25/h2-9,13,17,22H,10-12H2,1H3/t13-,17-/m0/s1. The summed E-state index contributed by atoms with van der Waals surface area (Å²) in [6.45, 7) is 2.07. The number of anilines is 1.